The summed E-state index contributed by atoms with van der Waals surface area (Å²) < 4.78 is 32.6. The van der Waals surface area contributed by atoms with Crippen molar-refractivity contribution in [2.75, 3.05) is 25.1 Å². The van der Waals surface area contributed by atoms with Crippen LogP contribution in [0.15, 0.2) is 12.1 Å². The van der Waals surface area contributed by atoms with Crippen LogP contribution in [-0.2, 0) is 4.74 Å². The van der Waals surface area contributed by atoms with Crippen LogP contribution in [0.3, 0.4) is 0 Å². The number of ether oxygens (including phenoxy) is 1. The van der Waals surface area contributed by atoms with E-state index in [1.54, 1.807) is 7.05 Å². The number of carboxylic acid groups (broad SMARTS) is 1. The lowest BCUT2D eigenvalue weighted by atomic mass is 10.1. The molecule has 1 N–H and O–H groups in total. The maximum absolute atomic E-state index is 13.7. The Bertz CT molecular complexity index is 463. The predicted molar refractivity (Wildman–Crippen MR) is 67.7 cm³/mol. The number of likely N-dealkylation sites (N-methyl/N-ethyl adjacent to an activating group) is 1. The molecule has 19 heavy (non-hydrogen) atoms. The third-order valence-corrected chi connectivity index (χ3v) is 2.58. The molecule has 0 heterocycles. The Hall–Kier alpha value is -1.69. The molecule has 0 aromatic heterocycles. The lowest BCUT2D eigenvalue weighted by Crippen LogP contribution is -2.25. The molecule has 4 nitrogen and oxygen atoms in total. The first kappa shape index (κ1) is 15.4. The van der Waals surface area contributed by atoms with Crippen LogP contribution < -0.4 is 4.90 Å². The van der Waals surface area contributed by atoms with E-state index in [2.05, 4.69) is 0 Å². The predicted octanol–water partition coefficient (Wildman–Crippen LogP) is 2.52. The first-order chi connectivity index (χ1) is 8.84. The first-order valence-corrected chi connectivity index (χ1v) is 5.88. The first-order valence-electron chi connectivity index (χ1n) is 5.88. The average Bonchev–Trinajstić information content (AvgIpc) is 2.31. The number of aromatic carboxylic acids is 1. The number of benzene rings is 1. The molecule has 0 radical (unpaired) electrons. The van der Waals surface area contributed by atoms with E-state index in [0.717, 1.165) is 6.07 Å². The van der Waals surface area contributed by atoms with E-state index in [-0.39, 0.29) is 11.8 Å². The molecule has 0 fully saturated rings. The van der Waals surface area contributed by atoms with Crippen LogP contribution in [0.25, 0.3) is 0 Å². The van der Waals surface area contributed by atoms with Crippen molar-refractivity contribution in [2.24, 2.45) is 0 Å². The van der Waals surface area contributed by atoms with E-state index >= 15 is 0 Å². The number of carbonyl (C=O) groups is 1. The van der Waals surface area contributed by atoms with Crippen molar-refractivity contribution < 1.29 is 23.4 Å². The lowest BCUT2D eigenvalue weighted by molar-refractivity contribution is 0.0690. The topological polar surface area (TPSA) is 49.8 Å². The smallest absolute Gasteiger partial charge is 0.338 e. The van der Waals surface area contributed by atoms with E-state index in [1.807, 2.05) is 13.8 Å². The monoisotopic (exact) mass is 273 g/mol. The van der Waals surface area contributed by atoms with Crippen LogP contribution in [0.4, 0.5) is 14.5 Å². The van der Waals surface area contributed by atoms with Crippen molar-refractivity contribution in [1.82, 2.24) is 0 Å². The van der Waals surface area contributed by atoms with E-state index in [4.69, 9.17) is 9.84 Å². The zero-order valence-electron chi connectivity index (χ0n) is 11.1. The Kier molecular flexibility index (Phi) is 5.23. The molecule has 0 spiro atoms. The second-order valence-electron chi connectivity index (χ2n) is 4.41. The molecule has 1 aromatic rings. The summed E-state index contributed by atoms with van der Waals surface area (Å²) in [7, 11) is 1.59. The summed E-state index contributed by atoms with van der Waals surface area (Å²) in [5.41, 5.74) is -0.664. The van der Waals surface area contributed by atoms with Crippen molar-refractivity contribution >= 4 is 11.7 Å². The molecule has 0 saturated carbocycles. The summed E-state index contributed by atoms with van der Waals surface area (Å²) in [5, 5.41) is 8.68. The number of carboxylic acids is 1. The zero-order chi connectivity index (χ0) is 14.6. The standard InChI is InChI=1S/C13H17F2NO3/c1-8(2)19-7-6-16(3)10-5-4-9(13(17)18)11(14)12(10)15/h4-5,8H,6-7H2,1-3H3,(H,17,18). The second kappa shape index (κ2) is 6.47. The minimum atomic E-state index is -1.49. The highest BCUT2D eigenvalue weighted by atomic mass is 19.2. The summed E-state index contributed by atoms with van der Waals surface area (Å²) in [6, 6.07) is 2.30. The highest BCUT2D eigenvalue weighted by molar-refractivity contribution is 5.88. The van der Waals surface area contributed by atoms with E-state index in [9.17, 15) is 13.6 Å². The molecule has 1 aromatic carbocycles. The van der Waals surface area contributed by atoms with Gasteiger partial charge in [-0.25, -0.2) is 13.6 Å². The Morgan fingerprint density at radius 3 is 2.53 bits per heavy atom. The molecule has 6 heteroatoms. The quantitative estimate of drug-likeness (QED) is 0.865. The lowest BCUT2D eigenvalue weighted by Gasteiger charge is -2.21. The van der Waals surface area contributed by atoms with E-state index in [0.29, 0.717) is 13.2 Å². The third kappa shape index (κ3) is 3.89. The Labute approximate surface area is 110 Å². The molecule has 0 aliphatic rings. The molecule has 0 aliphatic carbocycles. The summed E-state index contributed by atoms with van der Waals surface area (Å²) in [6.07, 6.45) is 0.0596. The van der Waals surface area contributed by atoms with Gasteiger partial charge in [-0.2, -0.15) is 0 Å². The Morgan fingerprint density at radius 1 is 1.37 bits per heavy atom. The summed E-state index contributed by atoms with van der Waals surface area (Å²) in [4.78, 5) is 12.1. The highest BCUT2D eigenvalue weighted by Crippen LogP contribution is 2.23. The van der Waals surface area contributed by atoms with Crippen molar-refractivity contribution in [3.8, 4) is 0 Å². The fourth-order valence-electron chi connectivity index (χ4n) is 1.55. The van der Waals surface area contributed by atoms with Gasteiger partial charge in [0.2, 0.25) is 0 Å². The molecule has 1 rings (SSSR count). The van der Waals surface area contributed by atoms with Gasteiger partial charge in [-0.05, 0) is 26.0 Å². The zero-order valence-corrected chi connectivity index (χ0v) is 11.1. The van der Waals surface area contributed by atoms with Crippen LogP contribution in [0, 0.1) is 11.6 Å². The number of rotatable bonds is 6. The van der Waals surface area contributed by atoms with Gasteiger partial charge in [-0.15, -0.1) is 0 Å². The molecule has 0 amide bonds. The van der Waals surface area contributed by atoms with Crippen LogP contribution in [0.5, 0.6) is 0 Å². The van der Waals surface area contributed by atoms with Crippen molar-refractivity contribution in [3.05, 3.63) is 29.3 Å². The largest absolute Gasteiger partial charge is 0.478 e. The van der Waals surface area contributed by atoms with Crippen LogP contribution in [-0.4, -0.2) is 37.4 Å². The van der Waals surface area contributed by atoms with Crippen molar-refractivity contribution in [1.29, 1.82) is 0 Å². The van der Waals surface area contributed by atoms with Gasteiger partial charge >= 0.3 is 5.97 Å². The molecule has 0 bridgehead atoms. The second-order valence-corrected chi connectivity index (χ2v) is 4.41. The summed E-state index contributed by atoms with van der Waals surface area (Å²) in [6.45, 7) is 4.50. The normalized spacial score (nSPS) is 10.8. The molecule has 0 aliphatic heterocycles. The van der Waals surface area contributed by atoms with E-state index in [1.165, 1.54) is 11.0 Å². The fraction of sp³-hybridized carbons (Fsp3) is 0.462. The molecule has 0 saturated heterocycles. The maximum Gasteiger partial charge on any atom is 0.338 e. The van der Waals surface area contributed by atoms with Gasteiger partial charge < -0.3 is 14.7 Å². The van der Waals surface area contributed by atoms with Gasteiger partial charge in [0.25, 0.3) is 0 Å². The van der Waals surface area contributed by atoms with Gasteiger partial charge in [0.1, 0.15) is 0 Å². The van der Waals surface area contributed by atoms with Gasteiger partial charge in [0.05, 0.1) is 24.0 Å². The maximum atomic E-state index is 13.7. The number of halogens is 2. The minimum absolute atomic E-state index is 0.00913. The fourth-order valence-corrected chi connectivity index (χ4v) is 1.55. The number of anilines is 1. The van der Waals surface area contributed by atoms with Gasteiger partial charge in [-0.3, -0.25) is 0 Å². The molecular weight excluding hydrogens is 256 g/mol. The average molecular weight is 273 g/mol. The number of nitrogens with zero attached hydrogens (tertiary/aromatic N) is 1. The van der Waals surface area contributed by atoms with Crippen molar-refractivity contribution in [2.45, 2.75) is 20.0 Å². The summed E-state index contributed by atoms with van der Waals surface area (Å²) in [5.74, 6) is -4.00. The molecule has 0 unspecified atom stereocenters. The molecule has 106 valence electrons. The van der Waals surface area contributed by atoms with E-state index < -0.39 is 23.2 Å². The molecule has 0 atom stereocenters. The SMILES string of the molecule is CC(C)OCCN(C)c1ccc(C(=O)O)c(F)c1F. The number of hydrogen-bond donors (Lipinski definition) is 1. The van der Waals surface area contributed by atoms with Crippen molar-refractivity contribution in [3.63, 3.8) is 0 Å². The van der Waals surface area contributed by atoms with Gasteiger partial charge in [0.15, 0.2) is 11.6 Å². The minimum Gasteiger partial charge on any atom is -0.478 e. The van der Waals surface area contributed by atoms with Crippen LogP contribution >= 0.6 is 0 Å². The molecular formula is C13H17F2NO3. The van der Waals surface area contributed by atoms with Crippen LogP contribution in [0.2, 0.25) is 0 Å². The summed E-state index contributed by atoms with van der Waals surface area (Å²) >= 11 is 0. The Balaban J connectivity index is 2.84. The van der Waals surface area contributed by atoms with Crippen LogP contribution in [0.1, 0.15) is 24.2 Å². The number of hydrogen-bond acceptors (Lipinski definition) is 3. The van der Waals surface area contributed by atoms with Gasteiger partial charge in [-0.1, -0.05) is 0 Å². The van der Waals surface area contributed by atoms with Gasteiger partial charge in [0, 0.05) is 13.6 Å². The Morgan fingerprint density at radius 2 is 2.00 bits per heavy atom. The highest BCUT2D eigenvalue weighted by Gasteiger charge is 2.19. The third-order valence-electron chi connectivity index (χ3n) is 2.58.